The second-order valence-corrected chi connectivity index (χ2v) is 14.5. The van der Waals surface area contributed by atoms with Gasteiger partial charge in [0.1, 0.15) is 23.2 Å². The van der Waals surface area contributed by atoms with Crippen LogP contribution in [0.1, 0.15) is 46.6 Å². The van der Waals surface area contributed by atoms with E-state index in [0.717, 1.165) is 73.9 Å². The minimum absolute atomic E-state index is 0.301. The first-order valence-electron chi connectivity index (χ1n) is 17.7. The molecular formula is C46H34N4OS. The van der Waals surface area contributed by atoms with E-state index in [4.69, 9.17) is 9.41 Å². The quantitative estimate of drug-likeness (QED) is 0.135. The van der Waals surface area contributed by atoms with Gasteiger partial charge in [0.05, 0.1) is 11.0 Å². The average Bonchev–Trinajstić information content (AvgIpc) is 3.87. The van der Waals surface area contributed by atoms with E-state index in [1.807, 2.05) is 41.7 Å². The normalized spacial score (nSPS) is 13.8. The Labute approximate surface area is 304 Å². The molecule has 0 spiro atoms. The van der Waals surface area contributed by atoms with Crippen LogP contribution in [0.25, 0.3) is 65.6 Å². The highest BCUT2D eigenvalue weighted by Crippen LogP contribution is 2.39. The smallest absolute Gasteiger partial charge is 0.146 e. The van der Waals surface area contributed by atoms with Gasteiger partial charge in [-0.05, 0) is 90.9 Å². The van der Waals surface area contributed by atoms with Crippen LogP contribution >= 0.6 is 11.3 Å². The Balaban J connectivity index is 1.03. The van der Waals surface area contributed by atoms with E-state index in [-0.39, 0.29) is 0 Å². The van der Waals surface area contributed by atoms with Crippen molar-refractivity contribution < 1.29 is 4.42 Å². The van der Waals surface area contributed by atoms with E-state index in [9.17, 15) is 5.41 Å². The molecule has 6 aromatic carbocycles. The van der Waals surface area contributed by atoms with Crippen molar-refractivity contribution in [3.8, 4) is 5.69 Å². The van der Waals surface area contributed by atoms with Gasteiger partial charge in [0.25, 0.3) is 0 Å². The van der Waals surface area contributed by atoms with Gasteiger partial charge in [-0.1, -0.05) is 91.0 Å². The number of thiophene rings is 1. The maximum absolute atomic E-state index is 9.33. The molecule has 0 aliphatic heterocycles. The van der Waals surface area contributed by atoms with Crippen LogP contribution in [0.15, 0.2) is 149 Å². The fourth-order valence-electron chi connectivity index (χ4n) is 7.85. The van der Waals surface area contributed by atoms with Gasteiger partial charge in [-0.15, -0.1) is 11.3 Å². The van der Waals surface area contributed by atoms with Crippen LogP contribution in [0, 0.1) is 5.41 Å². The zero-order valence-electron chi connectivity index (χ0n) is 28.6. The number of hydrogen-bond donors (Lipinski definition) is 2. The van der Waals surface area contributed by atoms with Crippen LogP contribution in [0.2, 0.25) is 0 Å². The predicted molar refractivity (Wildman–Crippen MR) is 219 cm³/mol. The van der Waals surface area contributed by atoms with Gasteiger partial charge >= 0.3 is 0 Å². The number of furan rings is 1. The van der Waals surface area contributed by atoms with Crippen molar-refractivity contribution in [1.82, 2.24) is 9.88 Å². The fourth-order valence-corrected chi connectivity index (χ4v) is 9.20. The van der Waals surface area contributed by atoms with Crippen LogP contribution in [-0.2, 0) is 6.42 Å². The SMILES string of the molecule is C/C(=N\C(NC(=N)c1ccc2oc3ccc(-n4c5ccccc5c5ccccc54)cc3c2c1)c1ccccc1)c1cccc2c3c(sc12)C=CCC3. The molecule has 250 valence electrons. The summed E-state index contributed by atoms with van der Waals surface area (Å²) in [5.41, 5.74) is 10.3. The van der Waals surface area contributed by atoms with E-state index < -0.39 is 6.17 Å². The molecule has 3 heterocycles. The van der Waals surface area contributed by atoms with Crippen molar-refractivity contribution in [1.29, 1.82) is 5.41 Å². The highest BCUT2D eigenvalue weighted by atomic mass is 32.1. The van der Waals surface area contributed by atoms with Gasteiger partial charge in [0, 0.05) is 53.6 Å². The van der Waals surface area contributed by atoms with Crippen LogP contribution in [0.5, 0.6) is 0 Å². The number of amidine groups is 1. The lowest BCUT2D eigenvalue weighted by molar-refractivity contribution is 0.668. The zero-order valence-corrected chi connectivity index (χ0v) is 29.4. The number of fused-ring (bicyclic) bond motifs is 9. The summed E-state index contributed by atoms with van der Waals surface area (Å²) in [6.45, 7) is 2.09. The molecule has 3 aromatic heterocycles. The van der Waals surface area contributed by atoms with Gasteiger partial charge in [-0.25, -0.2) is 0 Å². The van der Waals surface area contributed by atoms with Gasteiger partial charge in [0.2, 0.25) is 0 Å². The number of para-hydroxylation sites is 2. The minimum atomic E-state index is -0.447. The topological polar surface area (TPSA) is 66.3 Å². The van der Waals surface area contributed by atoms with Crippen molar-refractivity contribution in [2.24, 2.45) is 4.99 Å². The van der Waals surface area contributed by atoms with E-state index in [1.165, 1.54) is 31.3 Å². The lowest BCUT2D eigenvalue weighted by Crippen LogP contribution is -2.28. The number of allylic oxidation sites excluding steroid dienone is 1. The lowest BCUT2D eigenvalue weighted by atomic mass is 9.99. The Morgan fingerprint density at radius 3 is 2.23 bits per heavy atom. The molecule has 5 nitrogen and oxygen atoms in total. The number of nitrogens with one attached hydrogen (secondary N) is 2. The van der Waals surface area contributed by atoms with E-state index >= 15 is 0 Å². The van der Waals surface area contributed by atoms with Crippen molar-refractivity contribution in [2.45, 2.75) is 25.9 Å². The highest BCUT2D eigenvalue weighted by Gasteiger charge is 2.20. The number of aliphatic imine (C=N–C) groups is 1. The Bertz CT molecular complexity index is 2870. The number of hydrogen-bond acceptors (Lipinski definition) is 4. The molecule has 2 N–H and O–H groups in total. The molecule has 0 radical (unpaired) electrons. The Hall–Kier alpha value is -6.24. The number of benzene rings is 6. The van der Waals surface area contributed by atoms with Crippen LogP contribution in [0.3, 0.4) is 0 Å². The molecule has 0 saturated carbocycles. The molecular weight excluding hydrogens is 657 g/mol. The van der Waals surface area contributed by atoms with E-state index in [2.05, 4.69) is 132 Å². The summed E-state index contributed by atoms with van der Waals surface area (Å²) in [4.78, 5) is 6.62. The Morgan fingerprint density at radius 1 is 0.750 bits per heavy atom. The maximum Gasteiger partial charge on any atom is 0.146 e. The molecule has 0 bridgehead atoms. The average molecular weight is 691 g/mol. The molecule has 9 aromatic rings. The molecule has 6 heteroatoms. The molecule has 1 unspecified atom stereocenters. The Kier molecular flexibility index (Phi) is 7.18. The van der Waals surface area contributed by atoms with Crippen LogP contribution in [0.4, 0.5) is 0 Å². The molecule has 1 aliphatic rings. The van der Waals surface area contributed by atoms with Crippen LogP contribution in [-0.4, -0.2) is 16.1 Å². The summed E-state index contributed by atoms with van der Waals surface area (Å²) in [6, 6.07) is 46.3. The summed E-state index contributed by atoms with van der Waals surface area (Å²) in [7, 11) is 0. The van der Waals surface area contributed by atoms with Crippen molar-refractivity contribution >= 4 is 82.8 Å². The third-order valence-electron chi connectivity index (χ3n) is 10.4. The first-order chi connectivity index (χ1) is 25.6. The molecule has 52 heavy (non-hydrogen) atoms. The van der Waals surface area contributed by atoms with Gasteiger partial charge in [-0.3, -0.25) is 10.4 Å². The number of aryl methyl sites for hydroxylation is 1. The predicted octanol–water partition coefficient (Wildman–Crippen LogP) is 12.0. The lowest BCUT2D eigenvalue weighted by Gasteiger charge is -2.19. The largest absolute Gasteiger partial charge is 0.456 e. The zero-order chi connectivity index (χ0) is 34.8. The van der Waals surface area contributed by atoms with Crippen molar-refractivity contribution in [3.05, 3.63) is 167 Å². The molecule has 0 saturated heterocycles. The Morgan fingerprint density at radius 2 is 1.44 bits per heavy atom. The number of nitrogens with zero attached hydrogens (tertiary/aromatic N) is 2. The first kappa shape index (κ1) is 30.6. The summed E-state index contributed by atoms with van der Waals surface area (Å²) in [5.74, 6) is 0.301. The highest BCUT2D eigenvalue weighted by molar-refractivity contribution is 7.20. The first-order valence-corrected chi connectivity index (χ1v) is 18.5. The number of rotatable bonds is 6. The monoisotopic (exact) mass is 690 g/mol. The number of aromatic nitrogens is 1. The molecule has 10 rings (SSSR count). The van der Waals surface area contributed by atoms with Gasteiger partial charge in [-0.2, -0.15) is 0 Å². The molecule has 0 fully saturated rings. The standard InChI is InChI=1S/C46H34N4OS/c1-28(32-17-11-18-36-35-16-7-10-21-43(35)52-44(32)36)48-46(29-12-3-2-4-13-29)49-45(47)30-22-24-41-37(26-30)38-27-31(23-25-42(38)51-41)50-39-19-8-5-14-33(39)34-15-6-9-20-40(34)50/h2-6,8-15,17-27,46H,7,16H2,1H3,(H2,47,49)/b48-28+. The summed E-state index contributed by atoms with van der Waals surface area (Å²) in [5, 5.41) is 18.6. The van der Waals surface area contributed by atoms with Crippen LogP contribution < -0.4 is 5.32 Å². The van der Waals surface area contributed by atoms with Crippen molar-refractivity contribution in [3.63, 3.8) is 0 Å². The third-order valence-corrected chi connectivity index (χ3v) is 11.6. The van der Waals surface area contributed by atoms with E-state index in [0.29, 0.717) is 5.84 Å². The minimum Gasteiger partial charge on any atom is -0.456 e. The maximum atomic E-state index is 9.33. The third kappa shape index (κ3) is 4.98. The second-order valence-electron chi connectivity index (χ2n) is 13.5. The van der Waals surface area contributed by atoms with E-state index in [1.54, 1.807) is 0 Å². The molecule has 0 amide bonds. The van der Waals surface area contributed by atoms with Crippen molar-refractivity contribution in [2.75, 3.05) is 0 Å². The summed E-state index contributed by atoms with van der Waals surface area (Å²) in [6.07, 6.45) is 6.25. The molecule has 1 atom stereocenters. The van der Waals surface area contributed by atoms with Gasteiger partial charge < -0.3 is 14.3 Å². The summed E-state index contributed by atoms with van der Waals surface area (Å²) >= 11 is 1.85. The second kappa shape index (κ2) is 12.2. The van der Waals surface area contributed by atoms with Gasteiger partial charge in [0.15, 0.2) is 0 Å². The molecule has 1 aliphatic carbocycles. The fraction of sp³-hybridized carbons (Fsp3) is 0.0870. The summed E-state index contributed by atoms with van der Waals surface area (Å²) < 4.78 is 9.93.